The molecule has 0 N–H and O–H groups in total. The molecular weight excluding hydrogens is 691 g/mol. The summed E-state index contributed by atoms with van der Waals surface area (Å²) in [6.07, 6.45) is 0. The van der Waals surface area contributed by atoms with E-state index in [2.05, 4.69) is 166 Å². The highest BCUT2D eigenvalue weighted by atomic mass is 15.0. The highest BCUT2D eigenvalue weighted by Gasteiger charge is 2.38. The second kappa shape index (κ2) is 12.9. The van der Waals surface area contributed by atoms with Gasteiger partial charge in [-0.1, -0.05) is 196 Å². The average molecular weight is 728 g/mol. The van der Waals surface area contributed by atoms with Crippen molar-refractivity contribution in [2.45, 2.75) is 19.3 Å². The van der Waals surface area contributed by atoms with E-state index in [1.54, 1.807) is 0 Å². The fourth-order valence-electron chi connectivity index (χ4n) is 9.30. The lowest BCUT2D eigenvalue weighted by atomic mass is 9.78. The van der Waals surface area contributed by atoms with Gasteiger partial charge in [-0.3, -0.25) is 0 Å². The van der Waals surface area contributed by atoms with E-state index in [4.69, 9.17) is 15.0 Å². The van der Waals surface area contributed by atoms with E-state index in [1.165, 1.54) is 60.1 Å². The maximum atomic E-state index is 5.12. The Kier molecular flexibility index (Phi) is 7.52. The predicted octanol–water partition coefficient (Wildman–Crippen LogP) is 14.0. The van der Waals surface area contributed by atoms with Crippen LogP contribution in [0.4, 0.5) is 0 Å². The molecule has 0 bridgehead atoms. The summed E-state index contributed by atoms with van der Waals surface area (Å²) in [5.41, 5.74) is 12.6. The smallest absolute Gasteiger partial charge is 0.164 e. The fourth-order valence-corrected chi connectivity index (χ4v) is 9.30. The van der Waals surface area contributed by atoms with Crippen LogP contribution in [0, 0.1) is 0 Å². The molecule has 268 valence electrons. The molecule has 10 aromatic rings. The number of nitrogens with zero attached hydrogens (tertiary/aromatic N) is 3. The van der Waals surface area contributed by atoms with Crippen molar-refractivity contribution in [1.82, 2.24) is 15.0 Å². The molecule has 1 heterocycles. The first kappa shape index (κ1) is 33.1. The summed E-state index contributed by atoms with van der Waals surface area (Å²) < 4.78 is 0. The third-order valence-electron chi connectivity index (χ3n) is 11.9. The molecule has 1 aliphatic carbocycles. The molecule has 1 aromatic heterocycles. The molecule has 11 rings (SSSR count). The van der Waals surface area contributed by atoms with E-state index in [0.717, 1.165) is 33.4 Å². The van der Waals surface area contributed by atoms with Crippen LogP contribution in [0.2, 0.25) is 0 Å². The van der Waals surface area contributed by atoms with E-state index in [1.807, 2.05) is 36.4 Å². The standard InChI is InChI=1S/C54H37N3/c1-54(2)48-32-29-36(33-47(48)45-31-30-44-41-25-12-11-23-39(41)40-24-13-15-27-43(40)49(44)50(45)54)37-21-9-10-22-38(37)42-26-14-16-28-46(42)53-56-51(34-17-5-3-6-18-34)55-52(57-53)35-19-7-4-8-20-35/h3-33H,1-2H3. The summed E-state index contributed by atoms with van der Waals surface area (Å²) in [4.78, 5) is 15.2. The van der Waals surface area contributed by atoms with Gasteiger partial charge in [-0.05, 0) is 82.9 Å². The minimum atomic E-state index is -0.189. The number of hydrogen-bond acceptors (Lipinski definition) is 3. The molecule has 9 aromatic carbocycles. The Hall–Kier alpha value is -7.23. The third kappa shape index (κ3) is 5.23. The highest BCUT2D eigenvalue weighted by molar-refractivity contribution is 6.27. The average Bonchev–Trinajstić information content (AvgIpc) is 3.52. The van der Waals surface area contributed by atoms with Crippen molar-refractivity contribution in [3.63, 3.8) is 0 Å². The Labute approximate surface area is 332 Å². The van der Waals surface area contributed by atoms with E-state index in [0.29, 0.717) is 17.5 Å². The normalized spacial score (nSPS) is 12.9. The van der Waals surface area contributed by atoms with Crippen LogP contribution >= 0.6 is 0 Å². The number of rotatable bonds is 5. The van der Waals surface area contributed by atoms with Crippen LogP contribution in [0.25, 0.3) is 99.9 Å². The van der Waals surface area contributed by atoms with Gasteiger partial charge in [-0.25, -0.2) is 15.0 Å². The molecule has 0 unspecified atom stereocenters. The van der Waals surface area contributed by atoms with Gasteiger partial charge in [0.05, 0.1) is 0 Å². The highest BCUT2D eigenvalue weighted by Crippen LogP contribution is 2.54. The predicted molar refractivity (Wildman–Crippen MR) is 237 cm³/mol. The van der Waals surface area contributed by atoms with Crippen LogP contribution in [0.3, 0.4) is 0 Å². The SMILES string of the molecule is CC1(C)c2ccc(-c3ccccc3-c3ccccc3-c3nc(-c4ccccc4)nc(-c4ccccc4)n3)cc2-c2ccc3c4ccccc4c4ccccc4c3c21. The van der Waals surface area contributed by atoms with Gasteiger partial charge in [-0.2, -0.15) is 0 Å². The Balaban J connectivity index is 1.09. The van der Waals surface area contributed by atoms with E-state index >= 15 is 0 Å². The molecule has 3 heteroatoms. The van der Waals surface area contributed by atoms with Gasteiger partial charge < -0.3 is 0 Å². The van der Waals surface area contributed by atoms with Gasteiger partial charge in [0.15, 0.2) is 17.5 Å². The maximum absolute atomic E-state index is 5.12. The number of fused-ring (bicyclic) bond motifs is 10. The summed E-state index contributed by atoms with van der Waals surface area (Å²) >= 11 is 0. The van der Waals surface area contributed by atoms with Crippen LogP contribution in [0.1, 0.15) is 25.0 Å². The van der Waals surface area contributed by atoms with Gasteiger partial charge in [0.25, 0.3) is 0 Å². The zero-order chi connectivity index (χ0) is 38.1. The lowest BCUT2D eigenvalue weighted by molar-refractivity contribution is 0.667. The molecule has 3 nitrogen and oxygen atoms in total. The molecule has 0 saturated carbocycles. The summed E-state index contributed by atoms with van der Waals surface area (Å²) in [5, 5.41) is 7.90. The van der Waals surface area contributed by atoms with Crippen LogP contribution < -0.4 is 0 Å². The van der Waals surface area contributed by atoms with Crippen molar-refractivity contribution in [3.8, 4) is 67.5 Å². The van der Waals surface area contributed by atoms with Crippen LogP contribution in [0.15, 0.2) is 188 Å². The van der Waals surface area contributed by atoms with Gasteiger partial charge in [0.1, 0.15) is 0 Å². The van der Waals surface area contributed by atoms with Crippen LogP contribution in [0.5, 0.6) is 0 Å². The zero-order valence-electron chi connectivity index (χ0n) is 31.7. The fraction of sp³-hybridized carbons (Fsp3) is 0.0556. The van der Waals surface area contributed by atoms with Gasteiger partial charge >= 0.3 is 0 Å². The third-order valence-corrected chi connectivity index (χ3v) is 11.9. The Morgan fingerprint density at radius 2 is 0.772 bits per heavy atom. The van der Waals surface area contributed by atoms with E-state index in [9.17, 15) is 0 Å². The molecular formula is C54H37N3. The van der Waals surface area contributed by atoms with Gasteiger partial charge in [0.2, 0.25) is 0 Å². The molecule has 0 fully saturated rings. The van der Waals surface area contributed by atoms with Crippen LogP contribution in [-0.2, 0) is 5.41 Å². The monoisotopic (exact) mass is 727 g/mol. The van der Waals surface area contributed by atoms with Crippen molar-refractivity contribution >= 4 is 32.3 Å². The maximum Gasteiger partial charge on any atom is 0.164 e. The lowest BCUT2D eigenvalue weighted by Gasteiger charge is -2.25. The lowest BCUT2D eigenvalue weighted by Crippen LogP contribution is -2.15. The van der Waals surface area contributed by atoms with Crippen molar-refractivity contribution in [2.75, 3.05) is 0 Å². The van der Waals surface area contributed by atoms with E-state index in [-0.39, 0.29) is 5.41 Å². The molecule has 0 atom stereocenters. The summed E-state index contributed by atoms with van der Waals surface area (Å²) in [6.45, 7) is 4.79. The molecule has 57 heavy (non-hydrogen) atoms. The molecule has 0 saturated heterocycles. The number of benzene rings is 9. The summed E-state index contributed by atoms with van der Waals surface area (Å²) in [5.74, 6) is 1.94. The second-order valence-corrected chi connectivity index (χ2v) is 15.5. The topological polar surface area (TPSA) is 38.7 Å². The van der Waals surface area contributed by atoms with Crippen LogP contribution in [-0.4, -0.2) is 15.0 Å². The molecule has 0 aliphatic heterocycles. The largest absolute Gasteiger partial charge is 0.208 e. The minimum Gasteiger partial charge on any atom is -0.208 e. The molecule has 0 spiro atoms. The second-order valence-electron chi connectivity index (χ2n) is 15.5. The Morgan fingerprint density at radius 1 is 0.316 bits per heavy atom. The Bertz CT molecular complexity index is 3110. The first-order valence-corrected chi connectivity index (χ1v) is 19.6. The van der Waals surface area contributed by atoms with Gasteiger partial charge in [-0.15, -0.1) is 0 Å². The summed E-state index contributed by atoms with van der Waals surface area (Å²) in [7, 11) is 0. The molecule has 1 aliphatic rings. The summed E-state index contributed by atoms with van der Waals surface area (Å²) in [6, 6.07) is 67.2. The van der Waals surface area contributed by atoms with Crippen molar-refractivity contribution < 1.29 is 0 Å². The number of hydrogen-bond donors (Lipinski definition) is 0. The zero-order valence-corrected chi connectivity index (χ0v) is 31.7. The Morgan fingerprint density at radius 3 is 1.39 bits per heavy atom. The van der Waals surface area contributed by atoms with Crippen molar-refractivity contribution in [3.05, 3.63) is 199 Å². The van der Waals surface area contributed by atoms with Crippen molar-refractivity contribution in [1.29, 1.82) is 0 Å². The molecule has 0 amide bonds. The number of aromatic nitrogens is 3. The quantitative estimate of drug-likeness (QED) is 0.166. The molecule has 0 radical (unpaired) electrons. The van der Waals surface area contributed by atoms with Gasteiger partial charge in [0, 0.05) is 22.1 Å². The first-order chi connectivity index (χ1) is 28.0. The van der Waals surface area contributed by atoms with E-state index < -0.39 is 0 Å². The van der Waals surface area contributed by atoms with Crippen molar-refractivity contribution in [2.24, 2.45) is 0 Å². The first-order valence-electron chi connectivity index (χ1n) is 19.6. The minimum absolute atomic E-state index is 0.189.